The summed E-state index contributed by atoms with van der Waals surface area (Å²) in [5.74, 6) is 1.76. The SMILES string of the molecule is c1ccc2cc(-c3nc(-c4ccc5oc6ccccc6c5c4)nc(-c4cccc5oc6cccc(-c7ccc8ccccc8c7)c6c45)n3)ccc2c1. The normalized spacial score (nSPS) is 11.8. The molecule has 0 bridgehead atoms. The fraction of sp³-hybridized carbons (Fsp3) is 0. The Labute approximate surface area is 297 Å². The van der Waals surface area contributed by atoms with Crippen molar-refractivity contribution in [2.75, 3.05) is 0 Å². The van der Waals surface area contributed by atoms with Crippen LogP contribution in [0.2, 0.25) is 0 Å². The molecule has 8 aromatic carbocycles. The molecule has 0 unspecified atom stereocenters. The van der Waals surface area contributed by atoms with Crippen LogP contribution in [0, 0.1) is 0 Å². The Hall–Kier alpha value is -7.11. The van der Waals surface area contributed by atoms with E-state index in [4.69, 9.17) is 23.8 Å². The molecule has 0 N–H and O–H groups in total. The Balaban J connectivity index is 1.17. The summed E-state index contributed by atoms with van der Waals surface area (Å²) in [5.41, 5.74) is 8.16. The zero-order valence-corrected chi connectivity index (χ0v) is 27.7. The first-order chi connectivity index (χ1) is 25.7. The smallest absolute Gasteiger partial charge is 0.164 e. The van der Waals surface area contributed by atoms with Gasteiger partial charge in [0.1, 0.15) is 22.3 Å². The van der Waals surface area contributed by atoms with Crippen LogP contribution in [-0.4, -0.2) is 15.0 Å². The van der Waals surface area contributed by atoms with E-state index in [1.807, 2.05) is 48.5 Å². The first kappa shape index (κ1) is 28.7. The third-order valence-corrected chi connectivity index (χ3v) is 10.1. The van der Waals surface area contributed by atoms with Crippen LogP contribution in [0.5, 0.6) is 0 Å². The van der Waals surface area contributed by atoms with Crippen LogP contribution in [0.4, 0.5) is 0 Å². The van der Waals surface area contributed by atoms with Crippen LogP contribution >= 0.6 is 0 Å². The summed E-state index contributed by atoms with van der Waals surface area (Å²) in [4.78, 5) is 15.5. The van der Waals surface area contributed by atoms with Crippen LogP contribution in [0.3, 0.4) is 0 Å². The van der Waals surface area contributed by atoms with E-state index in [9.17, 15) is 0 Å². The molecule has 0 amide bonds. The first-order valence-corrected chi connectivity index (χ1v) is 17.3. The molecular formula is C47H27N3O2. The second-order valence-electron chi connectivity index (χ2n) is 13.2. The van der Waals surface area contributed by atoms with Crippen molar-refractivity contribution in [2.24, 2.45) is 0 Å². The standard InChI is InChI=1S/C47H27N3O2/c1-3-11-30-25-32(21-19-28(30)9-1)35-14-7-17-41-43(35)44-37(15-8-18-42(44)52-41)47-49-45(33-22-20-29-10-2-4-12-31(29)26-33)48-46(50-47)34-23-24-40-38(27-34)36-13-5-6-16-39(36)51-40/h1-27H. The van der Waals surface area contributed by atoms with Gasteiger partial charge in [0.2, 0.25) is 0 Å². The molecule has 0 spiro atoms. The number of hydrogen-bond acceptors (Lipinski definition) is 5. The number of fused-ring (bicyclic) bond motifs is 8. The van der Waals surface area contributed by atoms with Crippen molar-refractivity contribution in [3.8, 4) is 45.3 Å². The summed E-state index contributed by atoms with van der Waals surface area (Å²) in [5, 5.41) is 8.76. The van der Waals surface area contributed by atoms with Gasteiger partial charge in [-0.3, -0.25) is 0 Å². The van der Waals surface area contributed by atoms with Crippen molar-refractivity contribution in [2.45, 2.75) is 0 Å². The fourth-order valence-electron chi connectivity index (χ4n) is 7.60. The minimum absolute atomic E-state index is 0.576. The predicted octanol–water partition coefficient (Wildman–Crippen LogP) is 12.6. The average molecular weight is 666 g/mol. The number of para-hydroxylation sites is 1. The van der Waals surface area contributed by atoms with Gasteiger partial charge in [0.15, 0.2) is 17.5 Å². The van der Waals surface area contributed by atoms with Gasteiger partial charge in [0.05, 0.1) is 0 Å². The van der Waals surface area contributed by atoms with Crippen molar-refractivity contribution < 1.29 is 8.83 Å². The molecular weight excluding hydrogens is 639 g/mol. The second-order valence-corrected chi connectivity index (χ2v) is 13.2. The molecule has 0 aliphatic rings. The van der Waals surface area contributed by atoms with Gasteiger partial charge in [0.25, 0.3) is 0 Å². The highest BCUT2D eigenvalue weighted by atomic mass is 16.3. The molecule has 11 rings (SSSR count). The summed E-state index contributed by atoms with van der Waals surface area (Å²) in [6.07, 6.45) is 0. The summed E-state index contributed by atoms with van der Waals surface area (Å²) >= 11 is 0. The lowest BCUT2D eigenvalue weighted by Crippen LogP contribution is -2.00. The van der Waals surface area contributed by atoms with Crippen molar-refractivity contribution in [1.82, 2.24) is 15.0 Å². The summed E-state index contributed by atoms with van der Waals surface area (Å²) < 4.78 is 12.7. The highest BCUT2D eigenvalue weighted by molar-refractivity contribution is 6.18. The molecule has 5 heteroatoms. The van der Waals surface area contributed by atoms with E-state index in [0.29, 0.717) is 17.5 Å². The van der Waals surface area contributed by atoms with Crippen molar-refractivity contribution >= 4 is 65.4 Å². The Kier molecular flexibility index (Phi) is 6.18. The summed E-state index contributed by atoms with van der Waals surface area (Å²) in [7, 11) is 0. The first-order valence-electron chi connectivity index (χ1n) is 17.3. The molecule has 0 saturated heterocycles. The fourth-order valence-corrected chi connectivity index (χ4v) is 7.60. The monoisotopic (exact) mass is 665 g/mol. The lowest BCUT2D eigenvalue weighted by Gasteiger charge is -2.11. The zero-order chi connectivity index (χ0) is 34.2. The lowest BCUT2D eigenvalue weighted by molar-refractivity contribution is 0.668. The van der Waals surface area contributed by atoms with E-state index in [1.165, 1.54) is 10.8 Å². The van der Waals surface area contributed by atoms with E-state index in [0.717, 1.165) is 82.5 Å². The molecule has 52 heavy (non-hydrogen) atoms. The Bertz CT molecular complexity index is 3210. The maximum Gasteiger partial charge on any atom is 0.164 e. The molecule has 0 saturated carbocycles. The molecule has 0 radical (unpaired) electrons. The molecule has 0 atom stereocenters. The third-order valence-electron chi connectivity index (χ3n) is 10.1. The van der Waals surface area contributed by atoms with Gasteiger partial charge in [-0.25, -0.2) is 15.0 Å². The average Bonchev–Trinajstić information content (AvgIpc) is 3.78. The van der Waals surface area contributed by atoms with Gasteiger partial charge in [-0.05, 0) is 81.2 Å². The molecule has 3 heterocycles. The summed E-state index contributed by atoms with van der Waals surface area (Å²) in [6.45, 7) is 0. The number of furan rings is 2. The van der Waals surface area contributed by atoms with E-state index in [2.05, 4.69) is 115 Å². The van der Waals surface area contributed by atoms with Gasteiger partial charge in [0, 0.05) is 38.2 Å². The minimum Gasteiger partial charge on any atom is -0.456 e. The molecule has 3 aromatic heterocycles. The molecule has 0 aliphatic heterocycles. The highest BCUT2D eigenvalue weighted by Gasteiger charge is 2.21. The predicted molar refractivity (Wildman–Crippen MR) is 211 cm³/mol. The zero-order valence-electron chi connectivity index (χ0n) is 27.7. The van der Waals surface area contributed by atoms with Crippen molar-refractivity contribution in [3.05, 3.63) is 164 Å². The maximum atomic E-state index is 6.54. The molecule has 11 aromatic rings. The molecule has 5 nitrogen and oxygen atoms in total. The number of rotatable bonds is 4. The van der Waals surface area contributed by atoms with Gasteiger partial charge in [-0.15, -0.1) is 0 Å². The van der Waals surface area contributed by atoms with Crippen LogP contribution < -0.4 is 0 Å². The van der Waals surface area contributed by atoms with Gasteiger partial charge in [-0.2, -0.15) is 0 Å². The van der Waals surface area contributed by atoms with Crippen LogP contribution in [0.25, 0.3) is 111 Å². The summed E-state index contributed by atoms with van der Waals surface area (Å²) in [6, 6.07) is 56.4. The number of aromatic nitrogens is 3. The quantitative estimate of drug-likeness (QED) is 0.187. The Morgan fingerprint density at radius 1 is 0.308 bits per heavy atom. The third kappa shape index (κ3) is 4.53. The largest absolute Gasteiger partial charge is 0.456 e. The van der Waals surface area contributed by atoms with Crippen LogP contribution in [0.15, 0.2) is 173 Å². The van der Waals surface area contributed by atoms with Gasteiger partial charge < -0.3 is 8.83 Å². The Morgan fingerprint density at radius 2 is 0.808 bits per heavy atom. The van der Waals surface area contributed by atoms with Gasteiger partial charge in [-0.1, -0.05) is 115 Å². The van der Waals surface area contributed by atoms with E-state index in [-0.39, 0.29) is 0 Å². The molecule has 0 fully saturated rings. The Morgan fingerprint density at radius 3 is 1.56 bits per heavy atom. The number of hydrogen-bond donors (Lipinski definition) is 0. The number of nitrogens with zero attached hydrogens (tertiary/aromatic N) is 3. The van der Waals surface area contributed by atoms with Crippen molar-refractivity contribution in [3.63, 3.8) is 0 Å². The van der Waals surface area contributed by atoms with E-state index in [1.54, 1.807) is 0 Å². The molecule has 0 aliphatic carbocycles. The maximum absolute atomic E-state index is 6.54. The van der Waals surface area contributed by atoms with Crippen molar-refractivity contribution in [1.29, 1.82) is 0 Å². The van der Waals surface area contributed by atoms with Crippen LogP contribution in [-0.2, 0) is 0 Å². The lowest BCUT2D eigenvalue weighted by atomic mass is 9.95. The minimum atomic E-state index is 0.576. The topological polar surface area (TPSA) is 65.0 Å². The van der Waals surface area contributed by atoms with E-state index < -0.39 is 0 Å². The number of benzene rings is 8. The molecule has 242 valence electrons. The van der Waals surface area contributed by atoms with E-state index >= 15 is 0 Å². The van der Waals surface area contributed by atoms with Gasteiger partial charge >= 0.3 is 0 Å². The second kappa shape index (κ2) is 11.2. The van der Waals surface area contributed by atoms with Crippen LogP contribution in [0.1, 0.15) is 0 Å². The highest BCUT2D eigenvalue weighted by Crippen LogP contribution is 2.42.